The lowest BCUT2D eigenvalue weighted by Crippen LogP contribution is -2.61. The number of hydrogen-bond donors (Lipinski definition) is 3. The molecular weight excluding hydrogens is 425 g/mol. The van der Waals surface area contributed by atoms with Crippen molar-refractivity contribution < 1.29 is 27.6 Å². The maximum atomic E-state index is 12.9. The van der Waals surface area contributed by atoms with Crippen LogP contribution in [-0.4, -0.2) is 47.4 Å². The SMILES string of the molecule is O=C(Nc1cccc(C(F)(F)F)c1)N[C@H]1C[C@H]2C(=O)N[C@H](Cc3ccccc3)C(=O)N2C1. The van der Waals surface area contributed by atoms with Gasteiger partial charge in [0, 0.05) is 18.7 Å². The molecule has 4 rings (SSSR count). The lowest BCUT2D eigenvalue weighted by atomic mass is 10.0. The number of hydrogen-bond acceptors (Lipinski definition) is 3. The summed E-state index contributed by atoms with van der Waals surface area (Å²) in [6.45, 7) is 0.151. The Kier molecular flexibility index (Phi) is 5.77. The highest BCUT2D eigenvalue weighted by molar-refractivity contribution is 5.98. The largest absolute Gasteiger partial charge is 0.416 e. The van der Waals surface area contributed by atoms with Gasteiger partial charge in [0.05, 0.1) is 11.6 Å². The molecule has 2 aromatic carbocycles. The van der Waals surface area contributed by atoms with Gasteiger partial charge in [-0.3, -0.25) is 9.59 Å². The highest BCUT2D eigenvalue weighted by Gasteiger charge is 2.46. The van der Waals surface area contributed by atoms with Crippen molar-refractivity contribution in [3.05, 3.63) is 65.7 Å². The van der Waals surface area contributed by atoms with E-state index in [0.29, 0.717) is 6.42 Å². The molecule has 0 aromatic heterocycles. The van der Waals surface area contributed by atoms with Gasteiger partial charge in [0.15, 0.2) is 0 Å². The van der Waals surface area contributed by atoms with E-state index in [1.807, 2.05) is 30.3 Å². The van der Waals surface area contributed by atoms with E-state index in [1.165, 1.54) is 17.0 Å². The molecule has 2 aliphatic rings. The number of urea groups is 1. The fraction of sp³-hybridized carbons (Fsp3) is 0.318. The number of rotatable bonds is 4. The van der Waals surface area contributed by atoms with Crippen LogP contribution in [0.5, 0.6) is 0 Å². The van der Waals surface area contributed by atoms with Crippen LogP contribution in [0.2, 0.25) is 0 Å². The van der Waals surface area contributed by atoms with E-state index in [2.05, 4.69) is 16.0 Å². The molecule has 0 bridgehead atoms. The summed E-state index contributed by atoms with van der Waals surface area (Å²) < 4.78 is 38.5. The molecule has 4 amide bonds. The first kappa shape index (κ1) is 21.7. The quantitative estimate of drug-likeness (QED) is 0.674. The molecule has 0 saturated carbocycles. The minimum atomic E-state index is -4.52. The first-order valence-electron chi connectivity index (χ1n) is 10.1. The zero-order valence-electron chi connectivity index (χ0n) is 16.9. The molecule has 0 aliphatic carbocycles. The van der Waals surface area contributed by atoms with Crippen molar-refractivity contribution in [3.8, 4) is 0 Å². The number of halogens is 3. The third kappa shape index (κ3) is 4.68. The highest BCUT2D eigenvalue weighted by Crippen LogP contribution is 2.30. The summed E-state index contributed by atoms with van der Waals surface area (Å²) in [5.41, 5.74) is 0.0312. The summed E-state index contributed by atoms with van der Waals surface area (Å²) in [5, 5.41) is 7.77. The van der Waals surface area contributed by atoms with Gasteiger partial charge in [-0.15, -0.1) is 0 Å². The Morgan fingerprint density at radius 1 is 1.09 bits per heavy atom. The Balaban J connectivity index is 1.37. The van der Waals surface area contributed by atoms with E-state index in [0.717, 1.165) is 17.7 Å². The van der Waals surface area contributed by atoms with Gasteiger partial charge < -0.3 is 20.9 Å². The molecule has 2 heterocycles. The van der Waals surface area contributed by atoms with Crippen molar-refractivity contribution in [2.45, 2.75) is 37.1 Å². The van der Waals surface area contributed by atoms with Gasteiger partial charge in [0.25, 0.3) is 0 Å². The van der Waals surface area contributed by atoms with Crippen LogP contribution in [0.25, 0.3) is 0 Å². The van der Waals surface area contributed by atoms with Crippen molar-refractivity contribution in [2.75, 3.05) is 11.9 Å². The topological polar surface area (TPSA) is 90.5 Å². The van der Waals surface area contributed by atoms with Crippen LogP contribution in [-0.2, 0) is 22.2 Å². The Hall–Kier alpha value is -3.56. The van der Waals surface area contributed by atoms with Crippen LogP contribution < -0.4 is 16.0 Å². The van der Waals surface area contributed by atoms with Gasteiger partial charge in [-0.2, -0.15) is 13.2 Å². The number of piperazine rings is 1. The first-order valence-corrected chi connectivity index (χ1v) is 10.1. The van der Waals surface area contributed by atoms with Crippen LogP contribution in [0.15, 0.2) is 54.6 Å². The summed E-state index contributed by atoms with van der Waals surface area (Å²) in [5.74, 6) is -0.505. The second-order valence-electron chi connectivity index (χ2n) is 7.87. The molecular formula is C22H21F3N4O3. The number of nitrogens with zero attached hydrogens (tertiary/aromatic N) is 1. The molecule has 3 atom stereocenters. The lowest BCUT2D eigenvalue weighted by Gasteiger charge is -2.34. The first-order chi connectivity index (χ1) is 15.2. The predicted molar refractivity (Wildman–Crippen MR) is 110 cm³/mol. The second kappa shape index (κ2) is 8.52. The molecule has 0 spiro atoms. The van der Waals surface area contributed by atoms with Crippen molar-refractivity contribution in [1.29, 1.82) is 0 Å². The summed E-state index contributed by atoms with van der Waals surface area (Å²) >= 11 is 0. The normalized spacial score (nSPS) is 22.8. The molecule has 2 saturated heterocycles. The minimum Gasteiger partial charge on any atom is -0.342 e. The van der Waals surface area contributed by atoms with Crippen LogP contribution in [0.4, 0.5) is 23.7 Å². The van der Waals surface area contributed by atoms with Crippen molar-refractivity contribution in [2.24, 2.45) is 0 Å². The molecule has 2 aliphatic heterocycles. The predicted octanol–water partition coefficient (Wildman–Crippen LogP) is 2.54. The average Bonchev–Trinajstić information content (AvgIpc) is 3.16. The smallest absolute Gasteiger partial charge is 0.342 e. The molecule has 0 radical (unpaired) electrons. The van der Waals surface area contributed by atoms with Gasteiger partial charge in [-0.05, 0) is 30.2 Å². The highest BCUT2D eigenvalue weighted by atomic mass is 19.4. The number of alkyl halides is 3. The Morgan fingerprint density at radius 2 is 1.84 bits per heavy atom. The number of carbonyl (C=O) groups is 3. The van der Waals surface area contributed by atoms with E-state index in [1.54, 1.807) is 0 Å². The van der Waals surface area contributed by atoms with Gasteiger partial charge in [0.1, 0.15) is 12.1 Å². The number of nitrogens with one attached hydrogen (secondary N) is 3. The van der Waals surface area contributed by atoms with Gasteiger partial charge in [-0.25, -0.2) is 4.79 Å². The molecule has 2 fully saturated rings. The fourth-order valence-electron chi connectivity index (χ4n) is 4.08. The minimum absolute atomic E-state index is 0.00945. The summed E-state index contributed by atoms with van der Waals surface area (Å²) in [6, 6.07) is 11.0. The Labute approximate surface area is 182 Å². The number of carbonyl (C=O) groups excluding carboxylic acids is 3. The third-order valence-electron chi connectivity index (χ3n) is 5.57. The lowest BCUT2D eigenvalue weighted by molar-refractivity contribution is -0.147. The van der Waals surface area contributed by atoms with Crippen LogP contribution >= 0.6 is 0 Å². The number of benzene rings is 2. The van der Waals surface area contributed by atoms with Crippen molar-refractivity contribution in [3.63, 3.8) is 0 Å². The van der Waals surface area contributed by atoms with E-state index >= 15 is 0 Å². The maximum absolute atomic E-state index is 12.9. The molecule has 0 unspecified atom stereocenters. The summed E-state index contributed by atoms with van der Waals surface area (Å²) in [7, 11) is 0. The van der Waals surface area contributed by atoms with Gasteiger partial charge in [0.2, 0.25) is 11.8 Å². The number of amides is 4. The Morgan fingerprint density at radius 3 is 2.56 bits per heavy atom. The molecule has 10 heteroatoms. The van der Waals surface area contributed by atoms with Crippen LogP contribution in [0.1, 0.15) is 17.5 Å². The standard InChI is InChI=1S/C22H21F3N4O3/c23-22(24,25)14-7-4-8-15(10-14)26-21(32)27-16-11-18-19(30)28-17(20(31)29(18)12-16)9-13-5-2-1-3-6-13/h1-8,10,16-18H,9,11-12H2,(H,28,30)(H2,26,27,32)/t16-,17+,18-/m0/s1. The van der Waals surface area contributed by atoms with Gasteiger partial charge >= 0.3 is 12.2 Å². The summed E-state index contributed by atoms with van der Waals surface area (Å²) in [4.78, 5) is 39.2. The third-order valence-corrected chi connectivity index (χ3v) is 5.57. The fourth-order valence-corrected chi connectivity index (χ4v) is 4.08. The second-order valence-corrected chi connectivity index (χ2v) is 7.87. The molecule has 32 heavy (non-hydrogen) atoms. The monoisotopic (exact) mass is 446 g/mol. The molecule has 168 valence electrons. The van der Waals surface area contributed by atoms with Crippen LogP contribution in [0, 0.1) is 0 Å². The summed E-state index contributed by atoms with van der Waals surface area (Å²) in [6.07, 6.45) is -3.93. The van der Waals surface area contributed by atoms with Crippen molar-refractivity contribution >= 4 is 23.5 Å². The zero-order valence-corrected chi connectivity index (χ0v) is 16.9. The zero-order chi connectivity index (χ0) is 22.9. The molecule has 3 N–H and O–H groups in total. The van der Waals surface area contributed by atoms with Crippen molar-refractivity contribution in [1.82, 2.24) is 15.5 Å². The van der Waals surface area contributed by atoms with E-state index < -0.39 is 35.9 Å². The number of fused-ring (bicyclic) bond motifs is 1. The Bertz CT molecular complexity index is 1030. The van der Waals surface area contributed by atoms with E-state index in [4.69, 9.17) is 0 Å². The molecule has 2 aromatic rings. The van der Waals surface area contributed by atoms with E-state index in [9.17, 15) is 27.6 Å². The number of anilines is 1. The average molecular weight is 446 g/mol. The van der Waals surface area contributed by atoms with E-state index in [-0.39, 0.29) is 30.5 Å². The molecule has 7 nitrogen and oxygen atoms in total. The van der Waals surface area contributed by atoms with Crippen LogP contribution in [0.3, 0.4) is 0 Å². The maximum Gasteiger partial charge on any atom is 0.416 e. The van der Waals surface area contributed by atoms with Gasteiger partial charge in [-0.1, -0.05) is 36.4 Å².